The third-order valence-electron chi connectivity index (χ3n) is 12.7. The van der Waals surface area contributed by atoms with Gasteiger partial charge in [-0.2, -0.15) is 0 Å². The molecule has 0 bridgehead atoms. The summed E-state index contributed by atoms with van der Waals surface area (Å²) < 4.78 is 13.6. The SMILES string of the molecule is C.CCn1c(-c2cccnc2C(C)OC)c(CC(C)(C)COC(C)=O)c2cc(-c3cc(O)cc(CC(NC(=O)C(NN(C)C=O)C(C)C)C(=O)N4CCCCN4)c3)ccc21.CN1CCCC1CO. The first-order chi connectivity index (χ1) is 31.9. The predicted octanol–water partition coefficient (Wildman–Crippen LogP) is 6.42. The van der Waals surface area contributed by atoms with Crippen molar-refractivity contribution < 1.29 is 38.9 Å². The maximum Gasteiger partial charge on any atom is 0.302 e. The Morgan fingerprint density at radius 1 is 1.06 bits per heavy atom. The molecule has 2 aromatic heterocycles. The summed E-state index contributed by atoms with van der Waals surface area (Å²) in [5, 5.41) is 26.6. The van der Waals surface area contributed by atoms with Crippen LogP contribution >= 0.6 is 0 Å². The molecule has 3 amide bonds. The van der Waals surface area contributed by atoms with Gasteiger partial charge in [-0.15, -0.1) is 0 Å². The average molecular weight is 943 g/mol. The van der Waals surface area contributed by atoms with Gasteiger partial charge in [0.1, 0.15) is 17.8 Å². The first-order valence-electron chi connectivity index (χ1n) is 23.6. The number of carbonyl (C=O) groups is 4. The average Bonchev–Trinajstić information content (AvgIpc) is 3.88. The third-order valence-corrected chi connectivity index (χ3v) is 12.7. The quantitative estimate of drug-likeness (QED) is 0.0395. The van der Waals surface area contributed by atoms with Crippen molar-refractivity contribution in [2.45, 2.75) is 125 Å². The molecule has 2 fully saturated rings. The largest absolute Gasteiger partial charge is 0.508 e. The van der Waals surface area contributed by atoms with Crippen LogP contribution in [0.4, 0.5) is 0 Å². The molecule has 374 valence electrons. The van der Waals surface area contributed by atoms with Gasteiger partial charge in [0, 0.05) is 81.3 Å². The van der Waals surface area contributed by atoms with Crippen LogP contribution < -0.4 is 16.2 Å². The van der Waals surface area contributed by atoms with E-state index in [1.807, 2.05) is 39.0 Å². The van der Waals surface area contributed by atoms with Crippen LogP contribution in [0, 0.1) is 11.3 Å². The number of aliphatic hydroxyl groups excluding tert-OH is 1. The van der Waals surface area contributed by atoms with E-state index in [4.69, 9.17) is 19.6 Å². The number of aromatic nitrogens is 2. The minimum absolute atomic E-state index is 0. The highest BCUT2D eigenvalue weighted by molar-refractivity contribution is 5.95. The van der Waals surface area contributed by atoms with Gasteiger partial charge < -0.3 is 34.5 Å². The fraction of sp³-hybridized carbons (Fsp3) is 0.558. The summed E-state index contributed by atoms with van der Waals surface area (Å²) in [6.45, 7) is 16.9. The molecule has 4 atom stereocenters. The Kier molecular flexibility index (Phi) is 20.5. The van der Waals surface area contributed by atoms with Crippen molar-refractivity contribution in [2.75, 3.05) is 54.1 Å². The second-order valence-corrected chi connectivity index (χ2v) is 19.0. The number of aliphatic hydroxyl groups is 1. The molecule has 0 saturated carbocycles. The standard InChI is InChI=1S/C45H61N7O7.C6H13NO.CH4/c1-10-51-39-16-15-32(24-36(39)37(25-45(6,7)26-59-30(5)54)42(51)35-14-13-17-46-41(35)29(4)58-9)33-20-31(21-34(55)23-33)22-38(44(57)52-19-12-11-18-47-52)48-43(56)40(28(2)3)49-50(8)27-53;1-7-4-2-3-6(7)5-8;/h13-17,20-21,23-24,27-29,38,40,47,49,55H,10-12,18-19,22,25-26H2,1-9H3,(H,48,56);6,8H,2-5H2,1H3;1H4. The van der Waals surface area contributed by atoms with Crippen molar-refractivity contribution in [2.24, 2.45) is 11.3 Å². The van der Waals surface area contributed by atoms with Crippen molar-refractivity contribution >= 4 is 35.1 Å². The zero-order chi connectivity index (χ0) is 49.0. The number of phenols is 1. The number of hydrazine groups is 2. The summed E-state index contributed by atoms with van der Waals surface area (Å²) >= 11 is 0. The van der Waals surface area contributed by atoms with Gasteiger partial charge >= 0.3 is 5.97 Å². The van der Waals surface area contributed by atoms with Gasteiger partial charge in [-0.25, -0.2) is 10.9 Å². The summed E-state index contributed by atoms with van der Waals surface area (Å²) in [5.74, 6) is -1.23. The lowest BCUT2D eigenvalue weighted by atomic mass is 9.84. The number of likely N-dealkylation sites (N-methyl/N-ethyl adjacent to an activating group) is 1. The van der Waals surface area contributed by atoms with E-state index in [-0.39, 0.29) is 50.1 Å². The monoisotopic (exact) mass is 943 g/mol. The molecular weight excluding hydrogens is 865 g/mol. The van der Waals surface area contributed by atoms with Crippen molar-refractivity contribution in [3.63, 3.8) is 0 Å². The van der Waals surface area contributed by atoms with Crippen LogP contribution in [0.1, 0.15) is 105 Å². The number of phenolic OH excluding ortho intramolecular Hbond substituents is 1. The summed E-state index contributed by atoms with van der Waals surface area (Å²) in [5.41, 5.74) is 12.7. The van der Waals surface area contributed by atoms with Crippen LogP contribution in [-0.4, -0.2) is 131 Å². The van der Waals surface area contributed by atoms with E-state index >= 15 is 0 Å². The number of methoxy groups -OCH3 is 1. The van der Waals surface area contributed by atoms with E-state index in [0.29, 0.717) is 50.7 Å². The Morgan fingerprint density at radius 2 is 1.81 bits per heavy atom. The van der Waals surface area contributed by atoms with E-state index in [0.717, 1.165) is 63.9 Å². The van der Waals surface area contributed by atoms with E-state index in [9.17, 15) is 24.3 Å². The molecule has 0 spiro atoms. The molecule has 4 aromatic rings. The van der Waals surface area contributed by atoms with Gasteiger partial charge in [-0.05, 0) is 124 Å². The van der Waals surface area contributed by atoms with Crippen LogP contribution in [0.15, 0.2) is 54.7 Å². The zero-order valence-electron chi connectivity index (χ0n) is 41.2. The molecule has 16 heteroatoms. The lowest BCUT2D eigenvalue weighted by Crippen LogP contribution is -2.60. The van der Waals surface area contributed by atoms with Crippen LogP contribution in [0.25, 0.3) is 33.3 Å². The number of likely N-dealkylation sites (tertiary alicyclic amines) is 1. The fourth-order valence-corrected chi connectivity index (χ4v) is 8.99. The van der Waals surface area contributed by atoms with Crippen molar-refractivity contribution in [3.8, 4) is 28.1 Å². The highest BCUT2D eigenvalue weighted by Crippen LogP contribution is 2.42. The minimum Gasteiger partial charge on any atom is -0.508 e. The van der Waals surface area contributed by atoms with Crippen molar-refractivity contribution in [1.29, 1.82) is 0 Å². The number of aryl methyl sites for hydroxylation is 1. The Morgan fingerprint density at radius 3 is 2.40 bits per heavy atom. The minimum atomic E-state index is -0.967. The number of carbonyl (C=O) groups excluding carboxylic acids is 4. The van der Waals surface area contributed by atoms with Crippen molar-refractivity contribution in [1.82, 2.24) is 40.6 Å². The number of pyridine rings is 1. The van der Waals surface area contributed by atoms with E-state index < -0.39 is 23.4 Å². The number of rotatable bonds is 19. The summed E-state index contributed by atoms with van der Waals surface area (Å²) in [7, 11) is 5.25. The molecule has 2 aliphatic rings. The van der Waals surface area contributed by atoms with Gasteiger partial charge in [0.2, 0.25) is 12.3 Å². The Balaban J connectivity index is 0.00000101. The number of aromatic hydroxyl groups is 1. The van der Waals surface area contributed by atoms with Crippen LogP contribution in [0.2, 0.25) is 0 Å². The molecule has 0 radical (unpaired) electrons. The molecule has 16 nitrogen and oxygen atoms in total. The van der Waals surface area contributed by atoms with Crippen molar-refractivity contribution in [3.05, 3.63) is 71.5 Å². The number of amides is 3. The number of ether oxygens (including phenoxy) is 2. The van der Waals surface area contributed by atoms with Crippen LogP contribution in [0.5, 0.6) is 5.75 Å². The lowest BCUT2D eigenvalue weighted by molar-refractivity contribution is -0.144. The molecule has 4 heterocycles. The highest BCUT2D eigenvalue weighted by Gasteiger charge is 2.33. The molecule has 5 N–H and O–H groups in total. The fourth-order valence-electron chi connectivity index (χ4n) is 8.99. The molecular formula is C52H78N8O8. The molecule has 6 rings (SSSR count). The number of esters is 1. The van der Waals surface area contributed by atoms with E-state index in [1.54, 1.807) is 30.4 Å². The maximum atomic E-state index is 14.1. The Bertz CT molecular complexity index is 2310. The van der Waals surface area contributed by atoms with Gasteiger partial charge in [-0.1, -0.05) is 47.3 Å². The summed E-state index contributed by atoms with van der Waals surface area (Å²) in [6.07, 6.45) is 6.95. The normalized spacial score (nSPS) is 16.6. The zero-order valence-corrected chi connectivity index (χ0v) is 41.2. The molecule has 2 saturated heterocycles. The second kappa shape index (κ2) is 25.3. The molecule has 2 aromatic carbocycles. The smallest absolute Gasteiger partial charge is 0.302 e. The first kappa shape index (κ1) is 55.2. The number of hydrogen-bond donors (Lipinski definition) is 5. The molecule has 2 aliphatic heterocycles. The molecule has 0 aliphatic carbocycles. The topological polar surface area (TPSA) is 191 Å². The van der Waals surface area contributed by atoms with Crippen LogP contribution in [0.3, 0.4) is 0 Å². The highest BCUT2D eigenvalue weighted by atomic mass is 16.5. The number of nitrogens with one attached hydrogen (secondary N) is 3. The molecule has 68 heavy (non-hydrogen) atoms. The van der Waals surface area contributed by atoms with Gasteiger partial charge in [-0.3, -0.25) is 34.2 Å². The number of benzene rings is 2. The number of fused-ring (bicyclic) bond motifs is 1. The number of hydrogen-bond acceptors (Lipinski definition) is 12. The lowest BCUT2D eigenvalue weighted by Gasteiger charge is -2.33. The second-order valence-electron chi connectivity index (χ2n) is 19.0. The number of nitrogens with zero attached hydrogens (tertiary/aromatic N) is 5. The van der Waals surface area contributed by atoms with E-state index in [1.165, 1.54) is 31.8 Å². The third kappa shape index (κ3) is 14.1. The van der Waals surface area contributed by atoms with Crippen LogP contribution in [-0.2, 0) is 48.0 Å². The van der Waals surface area contributed by atoms with E-state index in [2.05, 4.69) is 71.7 Å². The van der Waals surface area contributed by atoms with Gasteiger partial charge in [0.05, 0.1) is 30.7 Å². The molecule has 4 unspecified atom stereocenters. The maximum absolute atomic E-state index is 14.1. The first-order valence-corrected chi connectivity index (χ1v) is 23.6. The summed E-state index contributed by atoms with van der Waals surface area (Å²) in [6, 6.07) is 14.2. The summed E-state index contributed by atoms with van der Waals surface area (Å²) in [4.78, 5) is 58.1. The van der Waals surface area contributed by atoms with Gasteiger partial charge in [0.15, 0.2) is 0 Å². The predicted molar refractivity (Wildman–Crippen MR) is 267 cm³/mol. The van der Waals surface area contributed by atoms with Gasteiger partial charge in [0.25, 0.3) is 5.91 Å². The Hall–Kier alpha value is -5.39. The Labute approximate surface area is 403 Å².